The summed E-state index contributed by atoms with van der Waals surface area (Å²) in [6, 6.07) is 39.8. The molecule has 0 amide bonds. The Hall–Kier alpha value is -5.62. The molecule has 0 saturated carbocycles. The van der Waals surface area contributed by atoms with Crippen LogP contribution in [-0.2, 0) is 0 Å². The average molecular weight is 517 g/mol. The molecule has 0 aliphatic heterocycles. The van der Waals surface area contributed by atoms with Crippen molar-refractivity contribution >= 4 is 33.0 Å². The first-order chi connectivity index (χ1) is 19.8. The van der Waals surface area contributed by atoms with Crippen LogP contribution in [0.4, 0.5) is 0 Å². The minimum Gasteiger partial charge on any atom is -0.456 e. The number of fused-ring (bicyclic) bond motifs is 4. The second-order valence-corrected chi connectivity index (χ2v) is 9.55. The van der Waals surface area contributed by atoms with E-state index in [9.17, 15) is 0 Å². The quantitative estimate of drug-likeness (QED) is 0.233. The molecule has 8 rings (SSSR count). The Morgan fingerprint density at radius 2 is 0.925 bits per heavy atom. The lowest BCUT2D eigenvalue weighted by Crippen LogP contribution is -2.00. The van der Waals surface area contributed by atoms with Gasteiger partial charge in [0, 0.05) is 39.1 Å². The Bertz CT molecular complexity index is 2090. The SMILES string of the molecule is c1ccc(-c2nc(-c3ccccc3)nc(-c3ccc4c(c3)oc3cc5oc(-c6ccccc6)nc5cc34)n2)cc1. The third kappa shape index (κ3) is 3.82. The van der Waals surface area contributed by atoms with E-state index in [1.54, 1.807) is 0 Å². The molecule has 0 N–H and O–H groups in total. The fourth-order valence-electron chi connectivity index (χ4n) is 4.98. The average Bonchev–Trinajstić information content (AvgIpc) is 3.61. The van der Waals surface area contributed by atoms with Gasteiger partial charge in [-0.1, -0.05) is 84.9 Å². The molecule has 6 nitrogen and oxygen atoms in total. The summed E-state index contributed by atoms with van der Waals surface area (Å²) in [6.07, 6.45) is 0. The fraction of sp³-hybridized carbons (Fsp3) is 0. The van der Waals surface area contributed by atoms with Gasteiger partial charge < -0.3 is 8.83 Å². The first-order valence-corrected chi connectivity index (χ1v) is 13.0. The van der Waals surface area contributed by atoms with Gasteiger partial charge in [-0.3, -0.25) is 0 Å². The lowest BCUT2D eigenvalue weighted by Gasteiger charge is -2.08. The smallest absolute Gasteiger partial charge is 0.227 e. The van der Waals surface area contributed by atoms with Crippen LogP contribution in [0.5, 0.6) is 0 Å². The highest BCUT2D eigenvalue weighted by Crippen LogP contribution is 2.36. The molecule has 188 valence electrons. The van der Waals surface area contributed by atoms with E-state index >= 15 is 0 Å². The number of hydrogen-bond donors (Lipinski definition) is 0. The van der Waals surface area contributed by atoms with Crippen LogP contribution in [0, 0.1) is 0 Å². The summed E-state index contributed by atoms with van der Waals surface area (Å²) in [5.41, 5.74) is 6.59. The molecular formula is C34H20N4O2. The summed E-state index contributed by atoms with van der Waals surface area (Å²) in [4.78, 5) is 19.2. The van der Waals surface area contributed by atoms with Crippen molar-refractivity contribution in [2.45, 2.75) is 0 Å². The third-order valence-corrected chi connectivity index (χ3v) is 6.96. The lowest BCUT2D eigenvalue weighted by atomic mass is 10.1. The summed E-state index contributed by atoms with van der Waals surface area (Å²) < 4.78 is 12.4. The van der Waals surface area contributed by atoms with E-state index in [4.69, 9.17) is 28.8 Å². The number of rotatable bonds is 4. The van der Waals surface area contributed by atoms with Crippen molar-refractivity contribution in [3.8, 4) is 45.6 Å². The summed E-state index contributed by atoms with van der Waals surface area (Å²) in [6.45, 7) is 0. The van der Waals surface area contributed by atoms with Gasteiger partial charge in [-0.2, -0.15) is 0 Å². The molecule has 8 aromatic rings. The minimum atomic E-state index is 0.581. The van der Waals surface area contributed by atoms with Crippen molar-refractivity contribution in [1.29, 1.82) is 0 Å². The molecule has 0 aliphatic carbocycles. The third-order valence-electron chi connectivity index (χ3n) is 6.96. The van der Waals surface area contributed by atoms with E-state index in [-0.39, 0.29) is 0 Å². The predicted octanol–water partition coefficient (Wildman–Crippen LogP) is 8.58. The number of hydrogen-bond acceptors (Lipinski definition) is 6. The van der Waals surface area contributed by atoms with Crippen LogP contribution in [0.2, 0.25) is 0 Å². The first kappa shape index (κ1) is 22.4. The molecule has 0 saturated heterocycles. The highest BCUT2D eigenvalue weighted by molar-refractivity contribution is 6.09. The van der Waals surface area contributed by atoms with Crippen LogP contribution < -0.4 is 0 Å². The molecule has 3 aromatic heterocycles. The number of furan rings is 1. The zero-order valence-electron chi connectivity index (χ0n) is 21.2. The van der Waals surface area contributed by atoms with E-state index in [1.807, 2.05) is 115 Å². The largest absolute Gasteiger partial charge is 0.456 e. The first-order valence-electron chi connectivity index (χ1n) is 13.0. The van der Waals surface area contributed by atoms with Gasteiger partial charge in [-0.15, -0.1) is 0 Å². The van der Waals surface area contributed by atoms with Gasteiger partial charge in [-0.25, -0.2) is 19.9 Å². The molecule has 0 unspecified atom stereocenters. The predicted molar refractivity (Wildman–Crippen MR) is 156 cm³/mol. The van der Waals surface area contributed by atoms with Gasteiger partial charge in [0.1, 0.15) is 16.7 Å². The second-order valence-electron chi connectivity index (χ2n) is 9.55. The maximum Gasteiger partial charge on any atom is 0.227 e. The van der Waals surface area contributed by atoms with Gasteiger partial charge >= 0.3 is 0 Å². The zero-order chi connectivity index (χ0) is 26.5. The molecular weight excluding hydrogens is 496 g/mol. The zero-order valence-corrected chi connectivity index (χ0v) is 21.2. The highest BCUT2D eigenvalue weighted by Gasteiger charge is 2.16. The molecule has 5 aromatic carbocycles. The van der Waals surface area contributed by atoms with Gasteiger partial charge in [0.15, 0.2) is 23.1 Å². The van der Waals surface area contributed by atoms with Gasteiger partial charge in [0.2, 0.25) is 5.89 Å². The van der Waals surface area contributed by atoms with Crippen LogP contribution in [0.25, 0.3) is 78.7 Å². The summed E-state index contributed by atoms with van der Waals surface area (Å²) >= 11 is 0. The second kappa shape index (κ2) is 8.99. The maximum atomic E-state index is 6.31. The van der Waals surface area contributed by atoms with Crippen molar-refractivity contribution in [2.75, 3.05) is 0 Å². The number of nitrogens with zero attached hydrogens (tertiary/aromatic N) is 4. The fourth-order valence-corrected chi connectivity index (χ4v) is 4.98. The summed E-state index contributed by atoms with van der Waals surface area (Å²) in [5.74, 6) is 2.41. The number of aromatic nitrogens is 4. The van der Waals surface area contributed by atoms with E-state index in [1.165, 1.54) is 0 Å². The van der Waals surface area contributed by atoms with Gasteiger partial charge in [0.25, 0.3) is 0 Å². The van der Waals surface area contributed by atoms with Crippen molar-refractivity contribution < 1.29 is 8.83 Å². The Morgan fingerprint density at radius 1 is 0.375 bits per heavy atom. The summed E-state index contributed by atoms with van der Waals surface area (Å²) in [7, 11) is 0. The normalized spacial score (nSPS) is 11.5. The molecule has 0 aliphatic rings. The van der Waals surface area contributed by atoms with Crippen molar-refractivity contribution in [3.63, 3.8) is 0 Å². The molecule has 0 atom stereocenters. The van der Waals surface area contributed by atoms with E-state index in [0.717, 1.165) is 49.7 Å². The standard InChI is InChI=1S/C34H20N4O2/c1-4-10-21(11-5-1)31-36-32(22-12-6-2-7-13-22)38-33(37-31)24-16-17-25-26-19-27-30(20-29(26)39-28(25)18-24)40-34(35-27)23-14-8-3-9-15-23/h1-20H. The molecule has 40 heavy (non-hydrogen) atoms. The summed E-state index contributed by atoms with van der Waals surface area (Å²) in [5, 5.41) is 1.97. The van der Waals surface area contributed by atoms with Crippen LogP contribution >= 0.6 is 0 Å². The lowest BCUT2D eigenvalue weighted by molar-refractivity contribution is 0.617. The molecule has 0 bridgehead atoms. The molecule has 3 heterocycles. The van der Waals surface area contributed by atoms with Crippen molar-refractivity contribution in [1.82, 2.24) is 19.9 Å². The van der Waals surface area contributed by atoms with E-state index in [0.29, 0.717) is 28.9 Å². The van der Waals surface area contributed by atoms with Crippen LogP contribution in [0.3, 0.4) is 0 Å². The van der Waals surface area contributed by atoms with Gasteiger partial charge in [-0.05, 0) is 30.3 Å². The van der Waals surface area contributed by atoms with Crippen molar-refractivity contribution in [2.24, 2.45) is 0 Å². The molecule has 0 spiro atoms. The van der Waals surface area contributed by atoms with Crippen LogP contribution in [0.1, 0.15) is 0 Å². The molecule has 0 radical (unpaired) electrons. The van der Waals surface area contributed by atoms with Crippen molar-refractivity contribution in [3.05, 3.63) is 121 Å². The Balaban J connectivity index is 1.26. The topological polar surface area (TPSA) is 77.8 Å². The Labute approximate surface area is 228 Å². The van der Waals surface area contributed by atoms with Crippen LogP contribution in [0.15, 0.2) is 130 Å². The van der Waals surface area contributed by atoms with E-state index in [2.05, 4.69) is 6.07 Å². The minimum absolute atomic E-state index is 0.581. The van der Waals surface area contributed by atoms with E-state index < -0.39 is 0 Å². The molecule has 0 fully saturated rings. The Kier molecular flexibility index (Phi) is 5.03. The monoisotopic (exact) mass is 516 g/mol. The van der Waals surface area contributed by atoms with Gasteiger partial charge in [0.05, 0.1) is 0 Å². The highest BCUT2D eigenvalue weighted by atomic mass is 16.4. The molecule has 6 heteroatoms. The Morgan fingerprint density at radius 3 is 1.55 bits per heavy atom. The van der Waals surface area contributed by atoms with Crippen LogP contribution in [-0.4, -0.2) is 19.9 Å². The maximum absolute atomic E-state index is 6.31. The number of oxazole rings is 1. The number of benzene rings is 5.